The Kier molecular flexibility index (Phi) is 10.5. The molecule has 0 bridgehead atoms. The van der Waals surface area contributed by atoms with E-state index in [-0.39, 0.29) is 14.7 Å². The average Bonchev–Trinajstić information content (AvgIpc) is 2.97. The molecule has 0 amide bonds. The zero-order chi connectivity index (χ0) is 36.7. The van der Waals surface area contributed by atoms with Gasteiger partial charge >= 0.3 is 10.1 Å². The van der Waals surface area contributed by atoms with E-state index >= 15 is 8.78 Å². The zero-order valence-electron chi connectivity index (χ0n) is 28.6. The van der Waals surface area contributed by atoms with E-state index in [1.165, 1.54) is 36.4 Å². The Morgan fingerprint density at radius 2 is 0.673 bits per heavy atom. The summed E-state index contributed by atoms with van der Waals surface area (Å²) in [6.07, 6.45) is 0. The quantitative estimate of drug-likeness (QED) is 0.0972. The molecule has 0 aliphatic carbocycles. The normalized spacial score (nSPS) is 13.3. The van der Waals surface area contributed by atoms with Gasteiger partial charge in [-0.2, -0.15) is 8.42 Å². The molecule has 0 aliphatic rings. The van der Waals surface area contributed by atoms with Gasteiger partial charge < -0.3 is 14.2 Å². The van der Waals surface area contributed by atoms with Crippen LogP contribution in [-0.2, 0) is 13.7 Å². The summed E-state index contributed by atoms with van der Waals surface area (Å²) < 4.78 is 125. The summed E-state index contributed by atoms with van der Waals surface area (Å²) in [6, 6.07) is 18.5. The summed E-state index contributed by atoms with van der Waals surface area (Å²) in [6.45, 7) is 16.5. The van der Waals surface area contributed by atoms with Crippen molar-refractivity contribution in [3.63, 3.8) is 0 Å². The van der Waals surface area contributed by atoms with E-state index in [9.17, 15) is 21.6 Å². The molecule has 266 valence electrons. The lowest BCUT2D eigenvalue weighted by molar-refractivity contribution is 0.130. The predicted molar refractivity (Wildman–Crippen MR) is 177 cm³/mol. The molecule has 4 aromatic rings. The van der Waals surface area contributed by atoms with E-state index in [0.29, 0.717) is 17.2 Å². The van der Waals surface area contributed by atoms with Gasteiger partial charge in [-0.3, -0.25) is 0 Å². The fourth-order valence-electron chi connectivity index (χ4n) is 4.66. The zero-order valence-corrected chi connectivity index (χ0v) is 30.2. The van der Waals surface area contributed by atoms with Crippen LogP contribution >= 0.6 is 10.3 Å². The van der Waals surface area contributed by atoms with Crippen LogP contribution in [0.2, 0.25) is 0 Å². The lowest BCUT2D eigenvalue weighted by Crippen LogP contribution is -2.23. The van der Waals surface area contributed by atoms with Crippen molar-refractivity contribution in [2.45, 2.75) is 98.7 Å². The van der Waals surface area contributed by atoms with Gasteiger partial charge in [-0.15, -0.1) is 0 Å². The summed E-state index contributed by atoms with van der Waals surface area (Å²) in [7, 11) is -9.37. The molecular weight excluding hydrogens is 688 g/mol. The van der Waals surface area contributed by atoms with Crippen molar-refractivity contribution in [1.82, 2.24) is 0 Å². The van der Waals surface area contributed by atoms with Crippen LogP contribution in [-0.4, -0.2) is 25.2 Å². The Morgan fingerprint density at radius 3 is 0.918 bits per heavy atom. The maximum atomic E-state index is 15.1. The molecule has 49 heavy (non-hydrogen) atoms. The van der Waals surface area contributed by atoms with E-state index in [1.54, 1.807) is 36.4 Å². The molecule has 4 rings (SSSR count). The number of benzene rings is 4. The minimum Gasteiger partial charge on any atom is -0.488 e. The number of hydrogen-bond acceptors (Lipinski definition) is 6. The second-order valence-electron chi connectivity index (χ2n) is 14.0. The van der Waals surface area contributed by atoms with Crippen LogP contribution in [0.3, 0.4) is 0 Å². The fourth-order valence-corrected chi connectivity index (χ4v) is 9.94. The molecule has 0 aromatic heterocycles. The van der Waals surface area contributed by atoms with E-state index in [4.69, 9.17) is 17.8 Å². The highest BCUT2D eigenvalue weighted by Gasteiger charge is 2.43. The Morgan fingerprint density at radius 1 is 0.429 bits per heavy atom. The minimum absolute atomic E-state index is 0.190. The molecule has 0 spiro atoms. The van der Waals surface area contributed by atoms with Crippen molar-refractivity contribution >= 4 is 20.4 Å². The van der Waals surface area contributed by atoms with E-state index in [1.807, 2.05) is 62.3 Å². The molecule has 0 saturated heterocycles. The van der Waals surface area contributed by atoms with Crippen molar-refractivity contribution in [3.8, 4) is 17.2 Å². The second kappa shape index (κ2) is 13.5. The van der Waals surface area contributed by atoms with Crippen LogP contribution < -0.4 is 14.2 Å². The Balaban J connectivity index is 2.06. The van der Waals surface area contributed by atoms with Crippen LogP contribution in [0.4, 0.5) is 22.0 Å². The molecule has 4 aromatic carbocycles. The van der Waals surface area contributed by atoms with Crippen molar-refractivity contribution in [3.05, 3.63) is 102 Å². The van der Waals surface area contributed by atoms with Crippen LogP contribution in [0.1, 0.15) is 62.3 Å². The van der Waals surface area contributed by atoms with Gasteiger partial charge in [-0.1, -0.05) is 0 Å². The van der Waals surface area contributed by atoms with Gasteiger partial charge in [0, 0.05) is 14.7 Å². The molecule has 0 heterocycles. The third-order valence-corrected chi connectivity index (χ3v) is 11.5. The van der Waals surface area contributed by atoms with E-state index < -0.39 is 71.2 Å². The van der Waals surface area contributed by atoms with E-state index in [2.05, 4.69) is 0 Å². The molecule has 0 radical (unpaired) electrons. The SMILES string of the molecule is CC(C)(C)Oc1ccc(S(OS(=O)(=O)c2c(F)c(F)c(F)c(F)c2F)(c2ccc(OC(C)(C)C)cc2)c2ccc(OC(C)(C)C)cc2)cc1. The Labute approximate surface area is 285 Å². The van der Waals surface area contributed by atoms with Gasteiger partial charge in [-0.25, -0.2) is 25.6 Å². The predicted octanol–water partition coefficient (Wildman–Crippen LogP) is 10.5. The van der Waals surface area contributed by atoms with Crippen molar-refractivity contribution < 1.29 is 48.2 Å². The molecule has 0 saturated carbocycles. The molecule has 0 aliphatic heterocycles. The lowest BCUT2D eigenvalue weighted by atomic mass is 10.2. The first kappa shape index (κ1) is 38.0. The van der Waals surface area contributed by atoms with Gasteiger partial charge in [-0.05, 0) is 145 Å². The lowest BCUT2D eigenvalue weighted by Gasteiger charge is -2.39. The van der Waals surface area contributed by atoms with Crippen molar-refractivity contribution in [1.29, 1.82) is 0 Å². The average molecular weight is 727 g/mol. The number of rotatable bonds is 9. The molecule has 0 atom stereocenters. The first-order valence-electron chi connectivity index (χ1n) is 15.1. The highest BCUT2D eigenvalue weighted by Crippen LogP contribution is 2.70. The highest BCUT2D eigenvalue weighted by molar-refractivity contribution is 8.33. The summed E-state index contributed by atoms with van der Waals surface area (Å²) in [5.74, 6) is -11.2. The van der Waals surface area contributed by atoms with Crippen LogP contribution in [0.15, 0.2) is 92.4 Å². The first-order valence-corrected chi connectivity index (χ1v) is 18.1. The van der Waals surface area contributed by atoms with Gasteiger partial charge in [0.25, 0.3) is 0 Å². The third-order valence-electron chi connectivity index (χ3n) is 6.35. The molecule has 6 nitrogen and oxygen atoms in total. The molecule has 0 unspecified atom stereocenters. The summed E-state index contributed by atoms with van der Waals surface area (Å²) in [5, 5.41) is 0. The largest absolute Gasteiger partial charge is 0.488 e. The van der Waals surface area contributed by atoms with Crippen LogP contribution in [0.25, 0.3) is 0 Å². The van der Waals surface area contributed by atoms with Crippen LogP contribution in [0.5, 0.6) is 17.2 Å². The number of halogens is 5. The van der Waals surface area contributed by atoms with Gasteiger partial charge in [0.2, 0.25) is 5.82 Å². The topological polar surface area (TPSA) is 71.1 Å². The number of hydrogen-bond donors (Lipinski definition) is 0. The molecule has 0 fully saturated rings. The first-order chi connectivity index (χ1) is 22.4. The van der Waals surface area contributed by atoms with Crippen molar-refractivity contribution in [2.24, 2.45) is 0 Å². The smallest absolute Gasteiger partial charge is 0.313 e. The molecule has 13 heteroatoms. The maximum absolute atomic E-state index is 15.1. The van der Waals surface area contributed by atoms with E-state index in [0.717, 1.165) is 0 Å². The number of ether oxygens (including phenoxy) is 3. The summed E-state index contributed by atoms with van der Waals surface area (Å²) >= 11 is 0. The molecule has 0 N–H and O–H groups in total. The summed E-state index contributed by atoms with van der Waals surface area (Å²) in [4.78, 5) is -1.55. The van der Waals surface area contributed by atoms with Crippen LogP contribution in [0, 0.1) is 29.1 Å². The third kappa shape index (κ3) is 8.68. The molecular formula is C36H39F5O6S2. The monoisotopic (exact) mass is 726 g/mol. The minimum atomic E-state index is -5.76. The Bertz CT molecular complexity index is 1740. The van der Waals surface area contributed by atoms with Gasteiger partial charge in [0.05, 0.1) is 0 Å². The fraction of sp³-hybridized carbons (Fsp3) is 0.333. The summed E-state index contributed by atoms with van der Waals surface area (Å²) in [5.41, 5.74) is -1.78. The van der Waals surface area contributed by atoms with Gasteiger partial charge in [0.15, 0.2) is 28.2 Å². The van der Waals surface area contributed by atoms with Gasteiger partial charge in [0.1, 0.15) is 34.1 Å². The Hall–Kier alpha value is -3.81. The van der Waals surface area contributed by atoms with Crippen molar-refractivity contribution in [2.75, 3.05) is 0 Å². The second-order valence-corrected chi connectivity index (χ2v) is 18.4. The standard InChI is InChI=1S/C36H39F5O6S2/c1-34(2,3)44-22-10-16-25(17-11-22)48(26-18-12-23(13-19-26)45-35(4,5)6,27-20-14-24(15-21-27)46-36(7,8)9)47-49(42,43)33-31(40)29(38)28(37)30(39)32(33)41/h10-21H,1-9H3. The maximum Gasteiger partial charge on any atom is 0.313 e. The highest BCUT2D eigenvalue weighted by atomic mass is 32.3.